The zero-order chi connectivity index (χ0) is 24.0. The lowest BCUT2D eigenvalue weighted by Crippen LogP contribution is -2.47. The van der Waals surface area contributed by atoms with Crippen LogP contribution in [0.1, 0.15) is 0 Å². The number of nitrogens with one attached hydrogen (secondary N) is 1. The minimum absolute atomic E-state index is 0.308. The Morgan fingerprint density at radius 1 is 1.09 bits per heavy atom. The normalized spacial score (nSPS) is 14.9. The molecule has 0 radical (unpaired) electrons. The smallest absolute Gasteiger partial charge is 0.332 e. The maximum absolute atomic E-state index is 12.7. The highest BCUT2D eigenvalue weighted by Crippen LogP contribution is 2.23. The van der Waals surface area contributed by atoms with Crippen LogP contribution in [-0.4, -0.2) is 67.7 Å². The molecule has 1 aromatic carbocycles. The standard InChI is InChI=1S/C22H24BrClN8O2/c1-28-19-17(20(33)29(2)22(28)34)32-13-16(23)18(26-21(32)27-19)25-6-7-30-8-10-31(11-9-30)15-5-3-4-14(24)12-15/h3-5,12-13H,6-11H2,1-2H3,(H,25,26,27). The van der Waals surface area contributed by atoms with Crippen molar-refractivity contribution in [1.82, 2.24) is 28.4 Å². The van der Waals surface area contributed by atoms with E-state index in [-0.39, 0.29) is 0 Å². The number of hydrogen-bond acceptors (Lipinski definition) is 7. The first kappa shape index (κ1) is 22.9. The minimum Gasteiger partial charge on any atom is -0.369 e. The highest BCUT2D eigenvalue weighted by Gasteiger charge is 2.19. The molecule has 0 aliphatic carbocycles. The molecule has 0 spiro atoms. The minimum atomic E-state index is -0.422. The number of halogens is 2. The first-order valence-electron chi connectivity index (χ1n) is 10.9. The van der Waals surface area contributed by atoms with Crippen LogP contribution < -0.4 is 21.5 Å². The molecule has 0 saturated carbocycles. The molecule has 5 rings (SSSR count). The van der Waals surface area contributed by atoms with Crippen molar-refractivity contribution in [2.45, 2.75) is 0 Å². The number of benzene rings is 1. The first-order chi connectivity index (χ1) is 16.3. The Morgan fingerprint density at radius 3 is 2.59 bits per heavy atom. The number of nitrogens with zero attached hydrogens (tertiary/aromatic N) is 7. The van der Waals surface area contributed by atoms with E-state index in [0.717, 1.165) is 48.0 Å². The molecule has 1 fully saturated rings. The maximum atomic E-state index is 12.7. The predicted molar refractivity (Wildman–Crippen MR) is 137 cm³/mol. The van der Waals surface area contributed by atoms with Crippen LogP contribution in [0.5, 0.6) is 0 Å². The molecule has 1 saturated heterocycles. The second-order valence-electron chi connectivity index (χ2n) is 8.33. The first-order valence-corrected chi connectivity index (χ1v) is 12.1. The van der Waals surface area contributed by atoms with Gasteiger partial charge < -0.3 is 10.2 Å². The second kappa shape index (κ2) is 9.05. The van der Waals surface area contributed by atoms with Gasteiger partial charge in [0, 0.05) is 70.3 Å². The summed E-state index contributed by atoms with van der Waals surface area (Å²) in [5.74, 6) is 0.997. The average molecular weight is 548 g/mol. The summed E-state index contributed by atoms with van der Waals surface area (Å²) in [6.45, 7) is 5.40. The SMILES string of the molecule is Cn1c(=O)c2c(nc3nc(NCCN4CCN(c5cccc(Cl)c5)CC4)c(Br)cn32)n(C)c1=O. The van der Waals surface area contributed by atoms with Crippen LogP contribution in [0.4, 0.5) is 11.5 Å². The van der Waals surface area contributed by atoms with Gasteiger partial charge in [-0.25, -0.2) is 4.79 Å². The fourth-order valence-corrected chi connectivity index (χ4v) is 4.91. The third kappa shape index (κ3) is 4.08. The Morgan fingerprint density at radius 2 is 1.85 bits per heavy atom. The lowest BCUT2D eigenvalue weighted by Gasteiger charge is -2.36. The van der Waals surface area contributed by atoms with E-state index < -0.39 is 11.2 Å². The Balaban J connectivity index is 1.27. The summed E-state index contributed by atoms with van der Waals surface area (Å²) in [5.41, 5.74) is 0.955. The summed E-state index contributed by atoms with van der Waals surface area (Å²) in [5, 5.41) is 4.12. The zero-order valence-electron chi connectivity index (χ0n) is 18.8. The molecular weight excluding hydrogens is 524 g/mol. The van der Waals surface area contributed by atoms with E-state index in [0.29, 0.717) is 33.8 Å². The highest BCUT2D eigenvalue weighted by atomic mass is 79.9. The van der Waals surface area contributed by atoms with E-state index >= 15 is 0 Å². The molecule has 4 aromatic rings. The predicted octanol–water partition coefficient (Wildman–Crippen LogP) is 1.93. The molecule has 0 atom stereocenters. The summed E-state index contributed by atoms with van der Waals surface area (Å²) < 4.78 is 4.75. The summed E-state index contributed by atoms with van der Waals surface area (Å²) in [6, 6.07) is 7.97. The van der Waals surface area contributed by atoms with Crippen LogP contribution in [0.15, 0.2) is 44.5 Å². The fourth-order valence-electron chi connectivity index (χ4n) is 4.29. The van der Waals surface area contributed by atoms with Crippen molar-refractivity contribution in [3.05, 3.63) is 60.8 Å². The van der Waals surface area contributed by atoms with Crippen LogP contribution in [-0.2, 0) is 14.1 Å². The van der Waals surface area contributed by atoms with Crippen LogP contribution in [0, 0.1) is 0 Å². The van der Waals surface area contributed by atoms with E-state index in [4.69, 9.17) is 11.6 Å². The third-order valence-electron chi connectivity index (χ3n) is 6.22. The Bertz CT molecular complexity index is 1500. The molecule has 0 bridgehead atoms. The molecule has 3 aromatic heterocycles. The van der Waals surface area contributed by atoms with Gasteiger partial charge in [0.1, 0.15) is 5.82 Å². The molecule has 1 aliphatic heterocycles. The van der Waals surface area contributed by atoms with Crippen LogP contribution in [0.25, 0.3) is 16.9 Å². The number of hydrogen-bond donors (Lipinski definition) is 1. The van der Waals surface area contributed by atoms with E-state index in [1.54, 1.807) is 17.6 Å². The van der Waals surface area contributed by atoms with Crippen molar-refractivity contribution in [2.75, 3.05) is 49.5 Å². The molecule has 1 aliphatic rings. The van der Waals surface area contributed by atoms with E-state index in [1.165, 1.54) is 11.6 Å². The Kier molecular flexibility index (Phi) is 6.09. The molecule has 12 heteroatoms. The number of aromatic nitrogens is 5. The van der Waals surface area contributed by atoms with Gasteiger partial charge in [-0.1, -0.05) is 17.7 Å². The monoisotopic (exact) mass is 546 g/mol. The summed E-state index contributed by atoms with van der Waals surface area (Å²) in [6.07, 6.45) is 1.76. The number of rotatable bonds is 5. The molecule has 0 unspecified atom stereocenters. The maximum Gasteiger partial charge on any atom is 0.332 e. The summed E-state index contributed by atoms with van der Waals surface area (Å²) in [4.78, 5) is 38.7. The van der Waals surface area contributed by atoms with Crippen LogP contribution >= 0.6 is 27.5 Å². The van der Waals surface area contributed by atoms with Gasteiger partial charge in [-0.15, -0.1) is 0 Å². The van der Waals surface area contributed by atoms with Crippen molar-refractivity contribution in [3.63, 3.8) is 0 Å². The molecule has 0 amide bonds. The van der Waals surface area contributed by atoms with Crippen molar-refractivity contribution in [2.24, 2.45) is 14.1 Å². The molecule has 178 valence electrons. The van der Waals surface area contributed by atoms with Gasteiger partial charge in [0.15, 0.2) is 11.2 Å². The largest absolute Gasteiger partial charge is 0.369 e. The fraction of sp³-hybridized carbons (Fsp3) is 0.364. The average Bonchev–Trinajstić information content (AvgIpc) is 3.20. The second-order valence-corrected chi connectivity index (χ2v) is 9.62. The summed E-state index contributed by atoms with van der Waals surface area (Å²) >= 11 is 9.68. The van der Waals surface area contributed by atoms with Crippen molar-refractivity contribution in [1.29, 1.82) is 0 Å². The number of aryl methyl sites for hydroxylation is 1. The van der Waals surface area contributed by atoms with Gasteiger partial charge >= 0.3 is 5.69 Å². The van der Waals surface area contributed by atoms with E-state index in [9.17, 15) is 9.59 Å². The zero-order valence-corrected chi connectivity index (χ0v) is 21.2. The summed E-state index contributed by atoms with van der Waals surface area (Å²) in [7, 11) is 3.05. The molecule has 4 heterocycles. The topological polar surface area (TPSA) is 92.7 Å². The number of fused-ring (bicyclic) bond motifs is 3. The van der Waals surface area contributed by atoms with Gasteiger partial charge in [0.05, 0.1) is 4.47 Å². The van der Waals surface area contributed by atoms with Crippen molar-refractivity contribution >= 4 is 56.0 Å². The van der Waals surface area contributed by atoms with Gasteiger partial charge in [0.25, 0.3) is 5.56 Å². The van der Waals surface area contributed by atoms with Crippen LogP contribution in [0.3, 0.4) is 0 Å². The van der Waals surface area contributed by atoms with Gasteiger partial charge in [-0.3, -0.25) is 23.2 Å². The van der Waals surface area contributed by atoms with Gasteiger partial charge in [-0.2, -0.15) is 9.97 Å². The molecule has 10 nitrogen and oxygen atoms in total. The van der Waals surface area contributed by atoms with Crippen molar-refractivity contribution < 1.29 is 0 Å². The molecule has 1 N–H and O–H groups in total. The lowest BCUT2D eigenvalue weighted by atomic mass is 10.2. The lowest BCUT2D eigenvalue weighted by molar-refractivity contribution is 0.267. The Hall–Kier alpha value is -2.89. The molecule has 34 heavy (non-hydrogen) atoms. The van der Waals surface area contributed by atoms with Gasteiger partial charge in [0.2, 0.25) is 5.78 Å². The van der Waals surface area contributed by atoms with Crippen molar-refractivity contribution in [3.8, 4) is 0 Å². The van der Waals surface area contributed by atoms with Crippen LogP contribution in [0.2, 0.25) is 5.02 Å². The highest BCUT2D eigenvalue weighted by molar-refractivity contribution is 9.10. The van der Waals surface area contributed by atoms with E-state index in [2.05, 4.69) is 47.1 Å². The quantitative estimate of drug-likeness (QED) is 0.408. The van der Waals surface area contributed by atoms with Gasteiger partial charge in [-0.05, 0) is 34.1 Å². The molecular formula is C22H24BrClN8O2. The third-order valence-corrected chi connectivity index (χ3v) is 7.03. The van der Waals surface area contributed by atoms with E-state index in [1.807, 2.05) is 18.2 Å². The number of imidazole rings is 1. The number of anilines is 2. The number of piperazine rings is 1. The Labute approximate surface area is 208 Å².